The molecule has 2 aromatic rings. The third-order valence-electron chi connectivity index (χ3n) is 4.37. The molecule has 0 spiro atoms. The lowest BCUT2D eigenvalue weighted by molar-refractivity contribution is -0.123. The van der Waals surface area contributed by atoms with Crippen molar-refractivity contribution >= 4 is 17.4 Å². The predicted molar refractivity (Wildman–Crippen MR) is 97.2 cm³/mol. The van der Waals surface area contributed by atoms with Crippen LogP contribution in [-0.4, -0.2) is 16.8 Å². The summed E-state index contributed by atoms with van der Waals surface area (Å²) >= 11 is 0. The first-order chi connectivity index (χ1) is 12.2. The monoisotopic (exact) mass is 353 g/mol. The van der Waals surface area contributed by atoms with Gasteiger partial charge in [-0.15, -0.1) is 0 Å². The number of rotatable bonds is 3. The van der Waals surface area contributed by atoms with Gasteiger partial charge in [-0.2, -0.15) is 0 Å². The Hall–Kier alpha value is -2.95. The van der Waals surface area contributed by atoms with Crippen LogP contribution in [0.3, 0.4) is 0 Å². The summed E-state index contributed by atoms with van der Waals surface area (Å²) < 4.78 is 14.6. The number of carbonyl (C=O) groups is 2. The molecule has 1 heterocycles. The SMILES string of the molecule is CC(C)(C)C(=O)C1=C(O)C(=O)N(c2ccccc2)C1c1ccccc1F. The number of benzene rings is 2. The molecule has 1 aliphatic heterocycles. The second-order valence-corrected chi connectivity index (χ2v) is 7.28. The van der Waals surface area contributed by atoms with E-state index in [1.807, 2.05) is 0 Å². The molecule has 26 heavy (non-hydrogen) atoms. The molecule has 134 valence electrons. The van der Waals surface area contributed by atoms with E-state index in [9.17, 15) is 19.1 Å². The van der Waals surface area contributed by atoms with Crippen molar-refractivity contribution in [2.24, 2.45) is 5.41 Å². The third kappa shape index (κ3) is 2.90. The Kier molecular flexibility index (Phi) is 4.40. The first-order valence-electron chi connectivity index (χ1n) is 8.34. The summed E-state index contributed by atoms with van der Waals surface area (Å²) in [6.45, 7) is 5.09. The van der Waals surface area contributed by atoms with E-state index in [1.165, 1.54) is 23.1 Å². The van der Waals surface area contributed by atoms with Crippen LogP contribution >= 0.6 is 0 Å². The van der Waals surface area contributed by atoms with E-state index >= 15 is 0 Å². The topological polar surface area (TPSA) is 57.6 Å². The maximum Gasteiger partial charge on any atom is 0.294 e. The van der Waals surface area contributed by atoms with Gasteiger partial charge in [-0.3, -0.25) is 14.5 Å². The van der Waals surface area contributed by atoms with Crippen molar-refractivity contribution in [3.63, 3.8) is 0 Å². The molecule has 0 aromatic heterocycles. The number of anilines is 1. The van der Waals surface area contributed by atoms with Crippen LogP contribution < -0.4 is 4.90 Å². The molecular weight excluding hydrogens is 333 g/mol. The third-order valence-corrected chi connectivity index (χ3v) is 4.37. The van der Waals surface area contributed by atoms with E-state index in [2.05, 4.69) is 0 Å². The smallest absolute Gasteiger partial charge is 0.294 e. The van der Waals surface area contributed by atoms with Crippen molar-refractivity contribution in [2.75, 3.05) is 4.90 Å². The number of amides is 1. The Labute approximate surface area is 151 Å². The molecule has 0 fully saturated rings. The quantitative estimate of drug-likeness (QED) is 0.893. The fraction of sp³-hybridized carbons (Fsp3) is 0.238. The van der Waals surface area contributed by atoms with Crippen LogP contribution in [0.15, 0.2) is 65.9 Å². The Morgan fingerprint density at radius 3 is 2.19 bits per heavy atom. The summed E-state index contributed by atoms with van der Waals surface area (Å²) in [4.78, 5) is 27.0. The highest BCUT2D eigenvalue weighted by atomic mass is 19.1. The zero-order valence-electron chi connectivity index (χ0n) is 14.9. The zero-order valence-corrected chi connectivity index (χ0v) is 14.9. The largest absolute Gasteiger partial charge is 0.503 e. The highest BCUT2D eigenvalue weighted by molar-refractivity contribution is 6.17. The van der Waals surface area contributed by atoms with Gasteiger partial charge in [0.25, 0.3) is 5.91 Å². The maximum absolute atomic E-state index is 14.6. The van der Waals surface area contributed by atoms with Gasteiger partial charge in [0.15, 0.2) is 11.5 Å². The Bertz CT molecular complexity index is 897. The molecule has 1 N–H and O–H groups in total. The van der Waals surface area contributed by atoms with Crippen LogP contribution in [-0.2, 0) is 9.59 Å². The van der Waals surface area contributed by atoms with Crippen LogP contribution in [0.4, 0.5) is 10.1 Å². The summed E-state index contributed by atoms with van der Waals surface area (Å²) in [6, 6.07) is 13.6. The molecule has 1 atom stereocenters. The number of ketones is 1. The minimum absolute atomic E-state index is 0.0727. The summed E-state index contributed by atoms with van der Waals surface area (Å²) in [5, 5.41) is 10.5. The van der Waals surface area contributed by atoms with Crippen molar-refractivity contribution in [1.82, 2.24) is 0 Å². The van der Waals surface area contributed by atoms with Gasteiger partial charge in [0.2, 0.25) is 0 Å². The van der Waals surface area contributed by atoms with Gasteiger partial charge in [-0.25, -0.2) is 4.39 Å². The minimum Gasteiger partial charge on any atom is -0.503 e. The summed E-state index contributed by atoms with van der Waals surface area (Å²) in [7, 11) is 0. The molecular formula is C21H20FNO3. The average molecular weight is 353 g/mol. The van der Waals surface area contributed by atoms with Gasteiger partial charge >= 0.3 is 0 Å². The summed E-state index contributed by atoms with van der Waals surface area (Å²) in [6.07, 6.45) is 0. The molecule has 0 aliphatic carbocycles. The predicted octanol–water partition coefficient (Wildman–Crippen LogP) is 4.34. The van der Waals surface area contributed by atoms with Crippen LogP contribution in [0.5, 0.6) is 0 Å². The molecule has 5 heteroatoms. The number of halogens is 1. The maximum atomic E-state index is 14.6. The van der Waals surface area contributed by atoms with Gasteiger partial charge in [0.1, 0.15) is 5.82 Å². The molecule has 2 aromatic carbocycles. The number of aliphatic hydroxyl groups is 1. The van der Waals surface area contributed by atoms with Gasteiger partial charge in [-0.05, 0) is 18.2 Å². The molecule has 0 bridgehead atoms. The fourth-order valence-electron chi connectivity index (χ4n) is 3.09. The van der Waals surface area contributed by atoms with Crippen LogP contribution in [0.1, 0.15) is 32.4 Å². The van der Waals surface area contributed by atoms with Crippen LogP contribution in [0, 0.1) is 11.2 Å². The number of hydrogen-bond acceptors (Lipinski definition) is 3. The van der Waals surface area contributed by atoms with Gasteiger partial charge in [-0.1, -0.05) is 57.2 Å². The van der Waals surface area contributed by atoms with E-state index in [0.717, 1.165) is 0 Å². The average Bonchev–Trinajstić information content (AvgIpc) is 2.86. The molecule has 3 rings (SSSR count). The lowest BCUT2D eigenvalue weighted by Gasteiger charge is -2.29. The van der Waals surface area contributed by atoms with Crippen molar-refractivity contribution in [3.05, 3.63) is 77.3 Å². The van der Waals surface area contributed by atoms with E-state index < -0.39 is 34.7 Å². The Balaban J connectivity index is 2.24. The number of aliphatic hydroxyl groups excluding tert-OH is 1. The van der Waals surface area contributed by atoms with E-state index in [0.29, 0.717) is 5.69 Å². The van der Waals surface area contributed by atoms with Crippen molar-refractivity contribution in [2.45, 2.75) is 26.8 Å². The normalized spacial score (nSPS) is 17.8. The molecule has 1 amide bonds. The number of Topliss-reactive ketones (excluding diaryl/α,β-unsaturated/α-hetero) is 1. The van der Waals surface area contributed by atoms with Crippen LogP contribution in [0.2, 0.25) is 0 Å². The first kappa shape index (κ1) is 17.9. The highest BCUT2D eigenvalue weighted by Gasteiger charge is 2.47. The minimum atomic E-state index is -1.02. The Morgan fingerprint density at radius 1 is 1.04 bits per heavy atom. The Morgan fingerprint density at radius 2 is 1.62 bits per heavy atom. The van der Waals surface area contributed by atoms with E-state index in [-0.39, 0.29) is 11.1 Å². The number of hydrogen-bond donors (Lipinski definition) is 1. The molecule has 1 unspecified atom stereocenters. The van der Waals surface area contributed by atoms with E-state index in [1.54, 1.807) is 57.2 Å². The summed E-state index contributed by atoms with van der Waals surface area (Å²) in [5.41, 5.74) is -0.258. The van der Waals surface area contributed by atoms with Crippen molar-refractivity contribution < 1.29 is 19.1 Å². The van der Waals surface area contributed by atoms with E-state index in [4.69, 9.17) is 0 Å². The van der Waals surface area contributed by atoms with Gasteiger partial charge in [0, 0.05) is 16.7 Å². The van der Waals surface area contributed by atoms with Crippen LogP contribution in [0.25, 0.3) is 0 Å². The fourth-order valence-corrected chi connectivity index (χ4v) is 3.09. The summed E-state index contributed by atoms with van der Waals surface area (Å²) in [5.74, 6) is -2.27. The molecule has 4 nitrogen and oxygen atoms in total. The zero-order chi connectivity index (χ0) is 19.1. The molecule has 1 aliphatic rings. The molecule has 0 saturated heterocycles. The number of para-hydroxylation sites is 1. The van der Waals surface area contributed by atoms with Gasteiger partial charge in [0.05, 0.1) is 11.6 Å². The lowest BCUT2D eigenvalue weighted by Crippen LogP contribution is -2.33. The standard InChI is InChI=1S/C21H20FNO3/c1-21(2,3)19(25)16-17(14-11-7-8-12-15(14)22)23(20(26)18(16)24)13-9-5-4-6-10-13/h4-12,17,24H,1-3H3. The lowest BCUT2D eigenvalue weighted by atomic mass is 9.82. The number of nitrogens with zero attached hydrogens (tertiary/aromatic N) is 1. The molecule has 0 radical (unpaired) electrons. The van der Waals surface area contributed by atoms with Crippen molar-refractivity contribution in [3.8, 4) is 0 Å². The highest BCUT2D eigenvalue weighted by Crippen LogP contribution is 2.43. The second-order valence-electron chi connectivity index (χ2n) is 7.28. The molecule has 0 saturated carbocycles. The number of carbonyl (C=O) groups excluding carboxylic acids is 2. The van der Waals surface area contributed by atoms with Gasteiger partial charge < -0.3 is 5.11 Å². The second kappa shape index (κ2) is 6.41. The first-order valence-corrected chi connectivity index (χ1v) is 8.34. The van der Waals surface area contributed by atoms with Crippen molar-refractivity contribution in [1.29, 1.82) is 0 Å².